The Balaban J connectivity index is 0.00000142. The number of allylic oxidation sites excluding steroid dienone is 1. The summed E-state index contributed by atoms with van der Waals surface area (Å²) < 4.78 is 86.8. The third-order valence-corrected chi connectivity index (χ3v) is 17.2. The molecule has 0 aliphatic carbocycles. The third kappa shape index (κ3) is 66.0. The van der Waals surface area contributed by atoms with Gasteiger partial charge in [-0.1, -0.05) is 30.3 Å². The van der Waals surface area contributed by atoms with E-state index in [0.717, 1.165) is 186 Å². The monoisotopic (exact) mass is 1810 g/mol. The number of pyridine rings is 8. The first kappa shape index (κ1) is 119. The molecule has 130 heavy (non-hydrogen) atoms. The van der Waals surface area contributed by atoms with Gasteiger partial charge in [0, 0.05) is 29.7 Å². The number of ether oxygens (including phenoxy) is 3. The summed E-state index contributed by atoms with van der Waals surface area (Å²) in [5.41, 5.74) is 5.16. The van der Waals surface area contributed by atoms with Crippen molar-refractivity contribution in [2.75, 3.05) is 139 Å². The second-order valence-corrected chi connectivity index (χ2v) is 27.1. The van der Waals surface area contributed by atoms with Crippen LogP contribution < -0.4 is 40.8 Å². The quantitative estimate of drug-likeness (QED) is 0.00334. The van der Waals surface area contributed by atoms with Crippen LogP contribution in [-0.4, -0.2) is 246 Å². The van der Waals surface area contributed by atoms with Crippen molar-refractivity contribution in [2.24, 2.45) is 11.8 Å². The molecule has 0 radical (unpaired) electrons. The molecule has 10 rings (SSSR count). The van der Waals surface area contributed by atoms with E-state index in [2.05, 4.69) is 124 Å². The number of likely N-dealkylation sites (tertiary alicyclic amines) is 2. The van der Waals surface area contributed by atoms with E-state index in [-0.39, 0.29) is 25.0 Å². The fraction of sp³-hybridized carbons (Fsp3) is 0.414. The van der Waals surface area contributed by atoms with Gasteiger partial charge in [0.2, 0.25) is 0 Å². The summed E-state index contributed by atoms with van der Waals surface area (Å²) in [6, 6.07) is 30.2. The van der Waals surface area contributed by atoms with E-state index >= 15 is 0 Å². The SMILES string of the molecule is C=C.C=CCCc1ccnc(NCB=O)c1.C=CCOc1ccnc(COOC)c1.C=CCOc1ccnc(NCB=O)c1.COOCc1cc(Cl)ccn1.Cc1ccnc(NCB=O)c1.O=BCN1CCC(CCC=O)CC1.O=BCN1CCC(CCCO)CC1.O=BCNc1cc(CCC=O)ccn1.O=BCNc1cc(OCCC=O)ccn1.OC(O)c1ccccn1. The summed E-state index contributed by atoms with van der Waals surface area (Å²) in [6.07, 6.45) is 34.0. The van der Waals surface area contributed by atoms with Gasteiger partial charge >= 0.3 is 560 Å². The molecule has 0 amide bonds. The fourth-order valence-electron chi connectivity index (χ4n) is 10.8. The number of aliphatic hydroxyl groups excluding tert-OH is 2. The molecule has 8 aromatic heterocycles. The number of halogens is 1. The van der Waals surface area contributed by atoms with Crippen molar-refractivity contribution < 1.29 is 96.4 Å². The number of aldehydes is 3. The summed E-state index contributed by atoms with van der Waals surface area (Å²) in [7, 11) is 8.78. The van der Waals surface area contributed by atoms with Gasteiger partial charge in [-0.3, -0.25) is 15.0 Å². The Bertz CT molecular complexity index is 4090. The molecule has 0 unspecified atom stereocenters. The van der Waals surface area contributed by atoms with Gasteiger partial charge in [-0.15, -0.1) is 13.2 Å². The van der Waals surface area contributed by atoms with Crippen LogP contribution in [0.1, 0.15) is 111 Å². The molecule has 35 nitrogen and oxygen atoms in total. The van der Waals surface area contributed by atoms with Gasteiger partial charge in [-0.25, -0.2) is 19.6 Å². The molecule has 2 saturated heterocycles. The first-order chi connectivity index (χ1) is 63.5. The molecule has 43 heteroatoms. The predicted octanol–water partition coefficient (Wildman–Crippen LogP) is 10.2. The minimum atomic E-state index is -1.45. The van der Waals surface area contributed by atoms with Crippen LogP contribution in [0, 0.1) is 18.8 Å². The van der Waals surface area contributed by atoms with Crippen LogP contribution in [0.15, 0.2) is 204 Å². The molecular formula is C87H121B7ClN15O20. The molecule has 0 bridgehead atoms. The van der Waals surface area contributed by atoms with Crippen molar-refractivity contribution in [1.82, 2.24) is 49.7 Å². The topological polar surface area (TPSA) is 466 Å². The minimum Gasteiger partial charge on any atom is -0.363 e. The smallest absolute Gasteiger partial charge is 0.196 e. The summed E-state index contributed by atoms with van der Waals surface area (Å²) >= 11 is 5.69. The largest absolute Gasteiger partial charge is 0.363 e. The molecule has 0 aromatic carbocycles. The zero-order valence-electron chi connectivity index (χ0n) is 74.6. The normalized spacial score (nSPS) is 11.3. The number of hydrogen-bond acceptors (Lipinski definition) is 35. The average Bonchev–Trinajstić information content (AvgIpc) is 0.920. The summed E-state index contributed by atoms with van der Waals surface area (Å²) in [6.45, 7) is 25.1. The molecule has 0 saturated carbocycles. The molecule has 2 aliphatic rings. The number of anilines is 5. The molecule has 8 aromatic rings. The number of carbonyl (C=O) groups excluding carboxylic acids is 3. The van der Waals surface area contributed by atoms with Gasteiger partial charge in [0.15, 0.2) is 6.29 Å². The number of piperidine rings is 2. The first-order valence-electron chi connectivity index (χ1n) is 41.7. The van der Waals surface area contributed by atoms with Gasteiger partial charge in [0.05, 0.1) is 31.3 Å². The van der Waals surface area contributed by atoms with E-state index in [9.17, 15) is 47.3 Å². The molecule has 2 aliphatic heterocycles. The van der Waals surface area contributed by atoms with Gasteiger partial charge in [-0.05, 0) is 30.3 Å². The second-order valence-electron chi connectivity index (χ2n) is 26.7. The summed E-state index contributed by atoms with van der Waals surface area (Å²) in [5.74, 6) is 6.91. The number of nitrogens with one attached hydrogen (secondary N) is 5. The van der Waals surface area contributed by atoms with Crippen molar-refractivity contribution in [3.63, 3.8) is 0 Å². The van der Waals surface area contributed by atoms with Crippen molar-refractivity contribution in [2.45, 2.75) is 110 Å². The first-order valence-corrected chi connectivity index (χ1v) is 42.1. The van der Waals surface area contributed by atoms with Crippen LogP contribution in [0.2, 0.25) is 5.02 Å². The zero-order chi connectivity index (χ0) is 95.8. The number of rotatable bonds is 48. The molecule has 0 spiro atoms. The van der Waals surface area contributed by atoms with Crippen molar-refractivity contribution in [3.05, 3.63) is 243 Å². The average molecular weight is 1810 g/mol. The third-order valence-electron chi connectivity index (χ3n) is 17.0. The Kier molecular flexibility index (Phi) is 78.1. The molecule has 10 heterocycles. The van der Waals surface area contributed by atoms with Crippen molar-refractivity contribution in [3.8, 4) is 17.2 Å². The fourth-order valence-corrected chi connectivity index (χ4v) is 11.0. The number of aliphatic hydroxyl groups is 3. The number of hydrogen-bond donors (Lipinski definition) is 8. The maximum atomic E-state index is 10.3. The Labute approximate surface area is 771 Å². The summed E-state index contributed by atoms with van der Waals surface area (Å²) in [4.78, 5) is 84.9. The Morgan fingerprint density at radius 1 is 0.462 bits per heavy atom. The van der Waals surface area contributed by atoms with Crippen LogP contribution in [-0.2, 0) is 92.9 Å². The van der Waals surface area contributed by atoms with Crippen LogP contribution >= 0.6 is 11.6 Å². The van der Waals surface area contributed by atoms with E-state index < -0.39 is 6.29 Å². The molecule has 8 N–H and O–H groups in total. The van der Waals surface area contributed by atoms with Crippen molar-refractivity contribution in [1.29, 1.82) is 0 Å². The summed E-state index contributed by atoms with van der Waals surface area (Å²) in [5, 5.41) is 40.6. The van der Waals surface area contributed by atoms with Gasteiger partial charge in [0.1, 0.15) is 25.6 Å². The van der Waals surface area contributed by atoms with Crippen LogP contribution in [0.3, 0.4) is 0 Å². The molecule has 0 atom stereocenters. The molecule has 2 fully saturated rings. The van der Waals surface area contributed by atoms with E-state index in [1.165, 1.54) is 38.8 Å². The number of aromatic nitrogens is 8. The van der Waals surface area contributed by atoms with E-state index in [1.54, 1.807) is 122 Å². The van der Waals surface area contributed by atoms with E-state index in [0.29, 0.717) is 131 Å². The zero-order valence-corrected chi connectivity index (χ0v) is 75.3. The van der Waals surface area contributed by atoms with Gasteiger partial charge in [-0.2, -0.15) is 0 Å². The molecule has 692 valence electrons. The van der Waals surface area contributed by atoms with Gasteiger partial charge < -0.3 is 14.9 Å². The Hall–Kier alpha value is -11.4. The molecular weight excluding hydrogens is 1690 g/mol. The number of nitrogens with zero attached hydrogens (tertiary/aromatic N) is 10. The second kappa shape index (κ2) is 85.6. The van der Waals surface area contributed by atoms with Crippen LogP contribution in [0.4, 0.5) is 29.1 Å². The number of aryl methyl sites for hydroxylation is 3. The van der Waals surface area contributed by atoms with Crippen LogP contribution in [0.5, 0.6) is 17.2 Å². The Morgan fingerprint density at radius 2 is 0.869 bits per heavy atom. The van der Waals surface area contributed by atoms with Gasteiger partial charge in [0.25, 0.3) is 0 Å². The maximum Gasteiger partial charge on any atom is 0.196 e. The van der Waals surface area contributed by atoms with E-state index in [4.69, 9.17) is 46.0 Å². The van der Waals surface area contributed by atoms with E-state index in [1.807, 2.05) is 49.4 Å². The predicted molar refractivity (Wildman–Crippen MR) is 504 cm³/mol. The minimum absolute atomic E-state index is 0.213. The van der Waals surface area contributed by atoms with Crippen molar-refractivity contribution >= 4 is 110 Å². The number of carbonyl (C=O) groups is 3. The maximum absolute atomic E-state index is 10.3. The van der Waals surface area contributed by atoms with Crippen LogP contribution in [0.25, 0.3) is 0 Å². The standard InChI is InChI=1S/C10H13BN2O.C10H13NO3.C9H11BN2O3.2C9H11BN2O2.C9H18BNO2.C9H16BNO2.C7H9BN2O.C7H8ClNO2.C6H7NO2.C2H4/c1-2-3-4-9-5-6-12-10(7-9)13-8-11-14;1-3-6-13-10-4-5-11-9(7-10)8-14-12-2;13-4-1-5-15-8-2-3-11-9(6-8)12-7-10-14;1-2-5-14-8-3-4-11-9(6-8)12-7-10-13;13-5-1-2-8-3-4-11-9(6-8)12-7-10-14;2*12-7-1-2-9-3-5-11(6-4-9)8-10-13;1-6-2-3-9-7(4-6)10-5-8-11;1-10-11-5-7-4-6(8)2-3-9-7;8-6(9)5-3-1-2-4-7-5;1-2/h2,5-7H,1,3-4,8H2,(H,12,13);3-5,7H,1,6,8H2,2H3;2-4,6H,1,5,7H2,(H,11,12);2-4,6H,1,5,7H2,(H,11,12);3-6H,1-2,7H2,(H,11,12);9,12H,1-8H2;7,9H,1-6,8H2;2-4H,5H2,1H3,(H,9,10);2-4H,5H2,1H3;1-4,6,8-9H;1-2H2. The Morgan fingerprint density at radius 3 is 1.26 bits per heavy atom.